The van der Waals surface area contributed by atoms with Gasteiger partial charge >= 0.3 is 0 Å². The van der Waals surface area contributed by atoms with Gasteiger partial charge in [-0.2, -0.15) is 0 Å². The molecule has 0 amide bonds. The van der Waals surface area contributed by atoms with E-state index in [1.807, 2.05) is 6.08 Å². The molecule has 90 valence electrons. The Morgan fingerprint density at radius 2 is 1.40 bits per heavy atom. The van der Waals surface area contributed by atoms with Crippen LogP contribution in [0.2, 0.25) is 0 Å². The van der Waals surface area contributed by atoms with Crippen LogP contribution in [0.25, 0.3) is 0 Å². The van der Waals surface area contributed by atoms with Gasteiger partial charge in [0, 0.05) is 21.3 Å². The number of hydrogen-bond donors (Lipinski definition) is 0. The minimum atomic E-state index is -0.981. The molecule has 0 aromatic heterocycles. The lowest BCUT2D eigenvalue weighted by molar-refractivity contribution is -0.408. The number of methoxy groups -OCH3 is 3. The molecule has 0 aliphatic heterocycles. The SMILES string of the molecule is C=CCC(CC)(CC)C(OC)(OC)OC. The minimum absolute atomic E-state index is 0.188. The summed E-state index contributed by atoms with van der Waals surface area (Å²) in [5.41, 5.74) is -0.188. The van der Waals surface area contributed by atoms with E-state index in [-0.39, 0.29) is 5.41 Å². The number of allylic oxidation sites excluding steroid dienone is 1. The fourth-order valence-corrected chi connectivity index (χ4v) is 2.27. The predicted molar refractivity (Wildman–Crippen MR) is 61.6 cm³/mol. The second-order valence-electron chi connectivity index (χ2n) is 3.65. The van der Waals surface area contributed by atoms with Crippen molar-refractivity contribution < 1.29 is 14.2 Å². The molecule has 0 radical (unpaired) electrons. The van der Waals surface area contributed by atoms with E-state index in [0.29, 0.717) is 0 Å². The van der Waals surface area contributed by atoms with Crippen LogP contribution in [0.15, 0.2) is 12.7 Å². The molecular formula is C12H24O3. The maximum atomic E-state index is 5.44. The highest BCUT2D eigenvalue weighted by molar-refractivity contribution is 4.92. The highest BCUT2D eigenvalue weighted by Gasteiger charge is 2.50. The van der Waals surface area contributed by atoms with E-state index < -0.39 is 5.97 Å². The van der Waals surface area contributed by atoms with Crippen molar-refractivity contribution >= 4 is 0 Å². The van der Waals surface area contributed by atoms with Gasteiger partial charge in [-0.05, 0) is 19.3 Å². The Balaban J connectivity index is 5.22. The average Bonchev–Trinajstić information content (AvgIpc) is 2.30. The van der Waals surface area contributed by atoms with E-state index in [0.717, 1.165) is 19.3 Å². The molecule has 0 atom stereocenters. The standard InChI is InChI=1S/C12H24O3/c1-7-10-11(8-2,9-3)12(13-4,14-5)15-6/h7H,1,8-10H2,2-6H3. The molecule has 0 saturated carbocycles. The van der Waals surface area contributed by atoms with Crippen LogP contribution in [-0.4, -0.2) is 27.3 Å². The van der Waals surface area contributed by atoms with Crippen LogP contribution in [0.5, 0.6) is 0 Å². The first kappa shape index (κ1) is 14.6. The van der Waals surface area contributed by atoms with Gasteiger partial charge in [0.15, 0.2) is 0 Å². The molecule has 3 nitrogen and oxygen atoms in total. The summed E-state index contributed by atoms with van der Waals surface area (Å²) in [6.45, 7) is 8.01. The molecule has 0 fully saturated rings. The Labute approximate surface area is 93.4 Å². The van der Waals surface area contributed by atoms with Gasteiger partial charge in [-0.15, -0.1) is 6.58 Å². The number of hydrogen-bond acceptors (Lipinski definition) is 3. The predicted octanol–water partition coefficient (Wildman–Crippen LogP) is 2.96. The molecule has 0 spiro atoms. The highest BCUT2D eigenvalue weighted by atomic mass is 16.9. The molecule has 0 aliphatic carbocycles. The van der Waals surface area contributed by atoms with Crippen LogP contribution in [0.3, 0.4) is 0 Å². The van der Waals surface area contributed by atoms with E-state index in [1.165, 1.54) is 0 Å². The van der Waals surface area contributed by atoms with Gasteiger partial charge in [0.05, 0.1) is 5.41 Å². The third kappa shape index (κ3) is 2.41. The smallest absolute Gasteiger partial charge is 0.288 e. The van der Waals surface area contributed by atoms with Crippen LogP contribution in [0.1, 0.15) is 33.1 Å². The van der Waals surface area contributed by atoms with Crippen molar-refractivity contribution in [3.63, 3.8) is 0 Å². The van der Waals surface area contributed by atoms with E-state index in [4.69, 9.17) is 14.2 Å². The third-order valence-corrected chi connectivity index (χ3v) is 3.34. The molecule has 0 unspecified atom stereocenters. The quantitative estimate of drug-likeness (QED) is 0.461. The first-order valence-electron chi connectivity index (χ1n) is 5.38. The van der Waals surface area contributed by atoms with Crippen molar-refractivity contribution in [1.82, 2.24) is 0 Å². The van der Waals surface area contributed by atoms with E-state index in [1.54, 1.807) is 21.3 Å². The monoisotopic (exact) mass is 216 g/mol. The molecular weight excluding hydrogens is 192 g/mol. The zero-order valence-electron chi connectivity index (χ0n) is 10.6. The summed E-state index contributed by atoms with van der Waals surface area (Å²) in [6.07, 6.45) is 4.50. The lowest BCUT2D eigenvalue weighted by Gasteiger charge is -2.45. The Hall–Kier alpha value is -0.380. The van der Waals surface area contributed by atoms with Gasteiger partial charge in [0.2, 0.25) is 0 Å². The molecule has 0 heterocycles. The van der Waals surface area contributed by atoms with Crippen molar-refractivity contribution in [2.75, 3.05) is 21.3 Å². The Kier molecular flexibility index (Phi) is 6.10. The topological polar surface area (TPSA) is 27.7 Å². The fraction of sp³-hybridized carbons (Fsp3) is 0.833. The maximum Gasteiger partial charge on any atom is 0.288 e. The summed E-state index contributed by atoms with van der Waals surface area (Å²) in [4.78, 5) is 0. The zero-order chi connectivity index (χ0) is 11.9. The van der Waals surface area contributed by atoms with Crippen molar-refractivity contribution in [2.24, 2.45) is 5.41 Å². The largest absolute Gasteiger partial charge is 0.330 e. The van der Waals surface area contributed by atoms with E-state index >= 15 is 0 Å². The molecule has 0 rings (SSSR count). The fourth-order valence-electron chi connectivity index (χ4n) is 2.27. The van der Waals surface area contributed by atoms with Crippen molar-refractivity contribution in [3.05, 3.63) is 12.7 Å². The molecule has 15 heavy (non-hydrogen) atoms. The lowest BCUT2D eigenvalue weighted by atomic mass is 9.76. The van der Waals surface area contributed by atoms with Crippen molar-refractivity contribution in [2.45, 2.75) is 39.1 Å². The van der Waals surface area contributed by atoms with Crippen LogP contribution in [0, 0.1) is 5.41 Å². The molecule has 0 N–H and O–H groups in total. The van der Waals surface area contributed by atoms with Crippen LogP contribution in [-0.2, 0) is 14.2 Å². The molecule has 3 heteroatoms. The molecule has 0 aromatic carbocycles. The first-order chi connectivity index (χ1) is 7.11. The van der Waals surface area contributed by atoms with Gasteiger partial charge in [0.25, 0.3) is 5.97 Å². The van der Waals surface area contributed by atoms with Crippen LogP contribution >= 0.6 is 0 Å². The second kappa shape index (κ2) is 6.26. The van der Waals surface area contributed by atoms with E-state index in [9.17, 15) is 0 Å². The summed E-state index contributed by atoms with van der Waals surface area (Å²) < 4.78 is 16.3. The van der Waals surface area contributed by atoms with Gasteiger partial charge < -0.3 is 14.2 Å². The van der Waals surface area contributed by atoms with Crippen LogP contribution < -0.4 is 0 Å². The Bertz CT molecular complexity index is 173. The summed E-state index contributed by atoms with van der Waals surface area (Å²) in [7, 11) is 4.82. The van der Waals surface area contributed by atoms with Crippen LogP contribution in [0.4, 0.5) is 0 Å². The average molecular weight is 216 g/mol. The summed E-state index contributed by atoms with van der Waals surface area (Å²) in [6, 6.07) is 0. The Morgan fingerprint density at radius 1 is 1.00 bits per heavy atom. The molecule has 0 aromatic rings. The highest BCUT2D eigenvalue weighted by Crippen LogP contribution is 2.45. The summed E-state index contributed by atoms with van der Waals surface area (Å²) in [5.74, 6) is -0.981. The summed E-state index contributed by atoms with van der Waals surface area (Å²) in [5, 5.41) is 0. The normalized spacial score (nSPS) is 12.9. The van der Waals surface area contributed by atoms with Gasteiger partial charge in [0.1, 0.15) is 0 Å². The van der Waals surface area contributed by atoms with Gasteiger partial charge in [-0.3, -0.25) is 0 Å². The maximum absolute atomic E-state index is 5.44. The zero-order valence-corrected chi connectivity index (χ0v) is 10.6. The van der Waals surface area contributed by atoms with Gasteiger partial charge in [-0.1, -0.05) is 19.9 Å². The second-order valence-corrected chi connectivity index (χ2v) is 3.65. The Morgan fingerprint density at radius 3 is 1.60 bits per heavy atom. The van der Waals surface area contributed by atoms with Crippen molar-refractivity contribution in [1.29, 1.82) is 0 Å². The molecule has 0 saturated heterocycles. The lowest BCUT2D eigenvalue weighted by Crippen LogP contribution is -2.52. The number of ether oxygens (including phenoxy) is 3. The van der Waals surface area contributed by atoms with E-state index in [2.05, 4.69) is 20.4 Å². The van der Waals surface area contributed by atoms with Crippen molar-refractivity contribution in [3.8, 4) is 0 Å². The number of rotatable bonds is 8. The first-order valence-corrected chi connectivity index (χ1v) is 5.38. The molecule has 0 aliphatic rings. The van der Waals surface area contributed by atoms with Gasteiger partial charge in [-0.25, -0.2) is 0 Å². The molecule has 0 bridgehead atoms. The third-order valence-electron chi connectivity index (χ3n) is 3.34. The minimum Gasteiger partial charge on any atom is -0.330 e. The summed E-state index contributed by atoms with van der Waals surface area (Å²) >= 11 is 0.